The number of unbranched alkanes of at least 4 members (excludes halogenated alkanes) is 4. The largest absolute Gasteiger partial charge is 0.465 e. The minimum absolute atomic E-state index is 0.347. The number of hydrogen-bond donors (Lipinski definition) is 1. The van der Waals surface area contributed by atoms with Crippen LogP contribution in [0.3, 0.4) is 0 Å². The number of anilines is 1. The van der Waals surface area contributed by atoms with E-state index in [-0.39, 0.29) is 5.97 Å². The van der Waals surface area contributed by atoms with E-state index in [9.17, 15) is 4.79 Å². The SMILES string of the molecule is CC.CCCCCCC.CCCc1ccc(C(=O)OC)cc1N. The van der Waals surface area contributed by atoms with Crippen molar-refractivity contribution >= 4 is 11.7 Å². The van der Waals surface area contributed by atoms with E-state index in [4.69, 9.17) is 5.73 Å². The zero-order chi connectivity index (χ0) is 18.1. The molecule has 3 nitrogen and oxygen atoms in total. The van der Waals surface area contributed by atoms with Crippen molar-refractivity contribution in [2.75, 3.05) is 12.8 Å². The van der Waals surface area contributed by atoms with Crippen LogP contribution in [0.1, 0.15) is 89.1 Å². The monoisotopic (exact) mass is 323 g/mol. The van der Waals surface area contributed by atoms with Crippen LogP contribution in [0, 0.1) is 0 Å². The molecule has 0 bridgehead atoms. The van der Waals surface area contributed by atoms with Gasteiger partial charge in [0.15, 0.2) is 0 Å². The zero-order valence-electron chi connectivity index (χ0n) is 16.1. The van der Waals surface area contributed by atoms with Crippen molar-refractivity contribution in [1.82, 2.24) is 0 Å². The van der Waals surface area contributed by atoms with Crippen LogP contribution in [-0.4, -0.2) is 13.1 Å². The molecule has 0 spiro atoms. The lowest BCUT2D eigenvalue weighted by atomic mass is 10.1. The predicted octanol–water partition coefficient (Wildman–Crippen LogP) is 6.01. The Bertz CT molecular complexity index is 399. The van der Waals surface area contributed by atoms with E-state index in [1.54, 1.807) is 12.1 Å². The Labute approximate surface area is 143 Å². The molecule has 0 saturated heterocycles. The number of methoxy groups -OCH3 is 1. The van der Waals surface area contributed by atoms with Crippen molar-refractivity contribution in [2.45, 2.75) is 79.6 Å². The molecule has 0 aliphatic heterocycles. The lowest BCUT2D eigenvalue weighted by Gasteiger charge is -2.05. The van der Waals surface area contributed by atoms with Crippen LogP contribution < -0.4 is 5.73 Å². The maximum absolute atomic E-state index is 11.2. The fraction of sp³-hybridized carbons (Fsp3) is 0.650. The first-order valence-electron chi connectivity index (χ1n) is 9.07. The van der Waals surface area contributed by atoms with Crippen LogP contribution >= 0.6 is 0 Å². The first kappa shape index (κ1) is 23.8. The smallest absolute Gasteiger partial charge is 0.337 e. The van der Waals surface area contributed by atoms with E-state index in [0.29, 0.717) is 11.3 Å². The van der Waals surface area contributed by atoms with Crippen LogP contribution in [0.25, 0.3) is 0 Å². The summed E-state index contributed by atoms with van der Waals surface area (Å²) in [5.41, 5.74) is 8.04. The molecular weight excluding hydrogens is 286 g/mol. The number of nitrogens with two attached hydrogens (primary N) is 1. The summed E-state index contributed by atoms with van der Waals surface area (Å²) in [6.07, 6.45) is 8.99. The molecule has 1 aromatic carbocycles. The van der Waals surface area contributed by atoms with Gasteiger partial charge in [-0.15, -0.1) is 0 Å². The summed E-state index contributed by atoms with van der Waals surface area (Å²) in [5, 5.41) is 0. The van der Waals surface area contributed by atoms with Gasteiger partial charge in [0.1, 0.15) is 0 Å². The topological polar surface area (TPSA) is 52.3 Å². The van der Waals surface area contributed by atoms with Crippen LogP contribution in [0.2, 0.25) is 0 Å². The number of rotatable bonds is 7. The highest BCUT2D eigenvalue weighted by Gasteiger charge is 2.07. The van der Waals surface area contributed by atoms with E-state index >= 15 is 0 Å². The van der Waals surface area contributed by atoms with Crippen molar-refractivity contribution in [3.63, 3.8) is 0 Å². The van der Waals surface area contributed by atoms with E-state index in [1.165, 1.54) is 39.2 Å². The molecule has 0 saturated carbocycles. The summed E-state index contributed by atoms with van der Waals surface area (Å²) in [7, 11) is 1.36. The Balaban J connectivity index is 0. The normalized spacial score (nSPS) is 9.13. The predicted molar refractivity (Wildman–Crippen MR) is 102 cm³/mol. The van der Waals surface area contributed by atoms with Crippen molar-refractivity contribution in [1.29, 1.82) is 0 Å². The van der Waals surface area contributed by atoms with Crippen LogP contribution in [0.15, 0.2) is 18.2 Å². The summed E-state index contributed by atoms with van der Waals surface area (Å²) in [5.74, 6) is -0.347. The molecule has 1 rings (SSSR count). The van der Waals surface area contributed by atoms with Gasteiger partial charge in [-0.2, -0.15) is 0 Å². The lowest BCUT2D eigenvalue weighted by molar-refractivity contribution is 0.0601. The van der Waals surface area contributed by atoms with E-state index < -0.39 is 0 Å². The van der Waals surface area contributed by atoms with Crippen LogP contribution in [0.5, 0.6) is 0 Å². The Morgan fingerprint density at radius 3 is 1.96 bits per heavy atom. The van der Waals surface area contributed by atoms with E-state index in [1.807, 2.05) is 19.9 Å². The third-order valence-corrected chi connectivity index (χ3v) is 3.29. The molecule has 0 radical (unpaired) electrons. The lowest BCUT2D eigenvalue weighted by Crippen LogP contribution is -2.03. The second kappa shape index (κ2) is 16.9. The Morgan fingerprint density at radius 2 is 1.57 bits per heavy atom. The molecule has 0 aliphatic carbocycles. The van der Waals surface area contributed by atoms with Crippen molar-refractivity contribution in [2.24, 2.45) is 0 Å². The van der Waals surface area contributed by atoms with Crippen molar-refractivity contribution in [3.8, 4) is 0 Å². The Kier molecular flexibility index (Phi) is 17.4. The molecule has 23 heavy (non-hydrogen) atoms. The average molecular weight is 324 g/mol. The van der Waals surface area contributed by atoms with E-state index in [2.05, 4.69) is 25.5 Å². The van der Waals surface area contributed by atoms with Crippen molar-refractivity contribution < 1.29 is 9.53 Å². The van der Waals surface area contributed by atoms with Gasteiger partial charge in [0.05, 0.1) is 12.7 Å². The minimum Gasteiger partial charge on any atom is -0.465 e. The minimum atomic E-state index is -0.347. The molecule has 0 aliphatic rings. The quantitative estimate of drug-likeness (QED) is 0.380. The number of nitrogen functional groups attached to an aromatic ring is 1. The molecule has 0 atom stereocenters. The summed E-state index contributed by atoms with van der Waals surface area (Å²) < 4.78 is 4.60. The maximum Gasteiger partial charge on any atom is 0.337 e. The molecule has 0 heterocycles. The number of benzene rings is 1. The average Bonchev–Trinajstić information content (AvgIpc) is 2.59. The molecule has 1 aromatic rings. The molecule has 2 N–H and O–H groups in total. The van der Waals surface area contributed by atoms with Gasteiger partial charge in [-0.25, -0.2) is 4.79 Å². The van der Waals surface area contributed by atoms with Gasteiger partial charge in [0, 0.05) is 5.69 Å². The third kappa shape index (κ3) is 11.7. The Hall–Kier alpha value is -1.51. The second-order valence-corrected chi connectivity index (χ2v) is 5.22. The van der Waals surface area contributed by atoms with Crippen LogP contribution in [0.4, 0.5) is 5.69 Å². The second-order valence-electron chi connectivity index (χ2n) is 5.22. The van der Waals surface area contributed by atoms with Gasteiger partial charge in [-0.1, -0.05) is 79.2 Å². The number of hydrogen-bond acceptors (Lipinski definition) is 3. The van der Waals surface area contributed by atoms with Gasteiger partial charge in [-0.05, 0) is 24.1 Å². The summed E-state index contributed by atoms with van der Waals surface area (Å²) in [6, 6.07) is 5.29. The van der Waals surface area contributed by atoms with Gasteiger partial charge in [0.2, 0.25) is 0 Å². The molecule has 0 fully saturated rings. The number of ether oxygens (including phenoxy) is 1. The maximum atomic E-state index is 11.2. The number of carbonyl (C=O) groups excluding carboxylic acids is 1. The highest BCUT2D eigenvalue weighted by atomic mass is 16.5. The summed E-state index contributed by atoms with van der Waals surface area (Å²) >= 11 is 0. The fourth-order valence-corrected chi connectivity index (χ4v) is 2.01. The molecule has 134 valence electrons. The van der Waals surface area contributed by atoms with Gasteiger partial charge in [-0.3, -0.25) is 0 Å². The zero-order valence-corrected chi connectivity index (χ0v) is 16.1. The van der Waals surface area contributed by atoms with Crippen molar-refractivity contribution in [3.05, 3.63) is 29.3 Å². The first-order chi connectivity index (χ1) is 11.1. The molecule has 0 amide bonds. The number of esters is 1. The summed E-state index contributed by atoms with van der Waals surface area (Å²) in [6.45, 7) is 10.6. The van der Waals surface area contributed by atoms with E-state index in [0.717, 1.165) is 18.4 Å². The standard InChI is InChI=1S/C11H15NO2.C7H16.C2H6/c1-3-4-8-5-6-9(7-10(8)12)11(13)14-2;1-3-5-7-6-4-2;1-2/h5-7H,3-4,12H2,1-2H3;3-7H2,1-2H3;1-2H3. The highest BCUT2D eigenvalue weighted by molar-refractivity contribution is 5.90. The molecular formula is C20H37NO2. The molecule has 0 unspecified atom stereocenters. The Morgan fingerprint density at radius 1 is 1.00 bits per heavy atom. The third-order valence-electron chi connectivity index (χ3n) is 3.29. The van der Waals surface area contributed by atoms with Gasteiger partial charge >= 0.3 is 5.97 Å². The first-order valence-corrected chi connectivity index (χ1v) is 9.07. The van der Waals surface area contributed by atoms with Gasteiger partial charge < -0.3 is 10.5 Å². The molecule has 3 heteroatoms. The van der Waals surface area contributed by atoms with Crippen LogP contribution in [-0.2, 0) is 11.2 Å². The number of aryl methyl sites for hydroxylation is 1. The van der Waals surface area contributed by atoms with Gasteiger partial charge in [0.25, 0.3) is 0 Å². The fourth-order valence-electron chi connectivity index (χ4n) is 2.01. The summed E-state index contributed by atoms with van der Waals surface area (Å²) in [4.78, 5) is 11.2. The number of carbonyl (C=O) groups is 1. The molecule has 0 aromatic heterocycles. The highest BCUT2D eigenvalue weighted by Crippen LogP contribution is 2.16.